The van der Waals surface area contributed by atoms with Crippen molar-refractivity contribution >= 4 is 17.7 Å². The van der Waals surface area contributed by atoms with E-state index in [1.54, 1.807) is 36.4 Å². The standard InChI is InChI=1S/C17H15FN2O3/c18-13-3-1-2-11(8-13)9-16(21)20-14-6-4-12(5-7-14)15-10-19-17(22)23-15/h1-8,15H,9-10H2,(H,19,22)(H,20,21). The molecule has 1 atom stereocenters. The van der Waals surface area contributed by atoms with Crippen LogP contribution in [-0.4, -0.2) is 18.5 Å². The van der Waals surface area contributed by atoms with E-state index in [1.165, 1.54) is 12.1 Å². The summed E-state index contributed by atoms with van der Waals surface area (Å²) in [5.74, 6) is -0.586. The number of amides is 2. The minimum absolute atomic E-state index is 0.101. The van der Waals surface area contributed by atoms with Crippen LogP contribution in [0.4, 0.5) is 14.9 Å². The van der Waals surface area contributed by atoms with Gasteiger partial charge in [0.05, 0.1) is 13.0 Å². The maximum absolute atomic E-state index is 13.1. The van der Waals surface area contributed by atoms with Crippen LogP contribution in [0.5, 0.6) is 0 Å². The fourth-order valence-corrected chi connectivity index (χ4v) is 2.39. The normalized spacial score (nSPS) is 16.6. The maximum atomic E-state index is 13.1. The van der Waals surface area contributed by atoms with Crippen molar-refractivity contribution in [2.45, 2.75) is 12.5 Å². The summed E-state index contributed by atoms with van der Waals surface area (Å²) < 4.78 is 18.2. The number of ether oxygens (including phenoxy) is 1. The third-order valence-electron chi connectivity index (χ3n) is 3.50. The van der Waals surface area contributed by atoms with Crippen molar-refractivity contribution in [1.29, 1.82) is 0 Å². The van der Waals surface area contributed by atoms with E-state index in [2.05, 4.69) is 10.6 Å². The Kier molecular flexibility index (Phi) is 4.23. The second-order valence-electron chi connectivity index (χ2n) is 5.25. The van der Waals surface area contributed by atoms with E-state index >= 15 is 0 Å². The van der Waals surface area contributed by atoms with Crippen LogP contribution < -0.4 is 10.6 Å². The maximum Gasteiger partial charge on any atom is 0.407 e. The lowest BCUT2D eigenvalue weighted by atomic mass is 10.1. The second kappa shape index (κ2) is 6.48. The Labute approximate surface area is 132 Å². The SMILES string of the molecule is O=C(Cc1cccc(F)c1)Nc1ccc(C2CNC(=O)O2)cc1. The van der Waals surface area contributed by atoms with Gasteiger partial charge < -0.3 is 15.4 Å². The number of hydrogen-bond acceptors (Lipinski definition) is 3. The van der Waals surface area contributed by atoms with E-state index in [9.17, 15) is 14.0 Å². The van der Waals surface area contributed by atoms with Gasteiger partial charge in [0, 0.05) is 5.69 Å². The van der Waals surface area contributed by atoms with E-state index in [1.807, 2.05) is 0 Å². The summed E-state index contributed by atoms with van der Waals surface area (Å²) in [6, 6.07) is 13.0. The van der Waals surface area contributed by atoms with Gasteiger partial charge in [-0.1, -0.05) is 24.3 Å². The molecular formula is C17H15FN2O3. The third kappa shape index (κ3) is 3.85. The number of carbonyl (C=O) groups excluding carboxylic acids is 2. The van der Waals surface area contributed by atoms with Crippen LogP contribution in [0, 0.1) is 5.82 Å². The highest BCUT2D eigenvalue weighted by Gasteiger charge is 2.23. The number of hydrogen-bond donors (Lipinski definition) is 2. The molecule has 118 valence electrons. The molecule has 0 bridgehead atoms. The number of anilines is 1. The molecule has 1 saturated heterocycles. The summed E-state index contributed by atoms with van der Waals surface area (Å²) in [6.45, 7) is 0.435. The predicted octanol–water partition coefficient (Wildman–Crippen LogP) is 2.79. The van der Waals surface area contributed by atoms with Crippen molar-refractivity contribution in [3.05, 3.63) is 65.5 Å². The topological polar surface area (TPSA) is 67.4 Å². The number of nitrogens with one attached hydrogen (secondary N) is 2. The van der Waals surface area contributed by atoms with E-state index in [0.29, 0.717) is 17.8 Å². The van der Waals surface area contributed by atoms with Crippen LogP contribution >= 0.6 is 0 Å². The zero-order valence-electron chi connectivity index (χ0n) is 12.2. The van der Waals surface area contributed by atoms with E-state index in [4.69, 9.17) is 4.74 Å². The lowest BCUT2D eigenvalue weighted by Gasteiger charge is -2.10. The Bertz CT molecular complexity index is 731. The molecule has 0 radical (unpaired) electrons. The molecule has 1 unspecified atom stereocenters. The highest BCUT2D eigenvalue weighted by Crippen LogP contribution is 2.22. The molecule has 1 fully saturated rings. The van der Waals surface area contributed by atoms with Gasteiger partial charge in [0.25, 0.3) is 0 Å². The smallest absolute Gasteiger partial charge is 0.407 e. The molecule has 2 aromatic rings. The van der Waals surface area contributed by atoms with Crippen LogP contribution in [0.1, 0.15) is 17.2 Å². The Morgan fingerprint density at radius 2 is 2.04 bits per heavy atom. The zero-order valence-corrected chi connectivity index (χ0v) is 12.2. The van der Waals surface area contributed by atoms with Gasteiger partial charge in [0.15, 0.2) is 0 Å². The molecule has 2 aromatic carbocycles. The first kappa shape index (κ1) is 15.0. The summed E-state index contributed by atoms with van der Waals surface area (Å²) in [6.07, 6.45) is -0.633. The van der Waals surface area contributed by atoms with Gasteiger partial charge in [0.1, 0.15) is 11.9 Å². The van der Waals surface area contributed by atoms with Crippen molar-refractivity contribution in [2.75, 3.05) is 11.9 Å². The molecule has 0 aliphatic carbocycles. The van der Waals surface area contributed by atoms with Gasteiger partial charge in [-0.3, -0.25) is 4.79 Å². The number of alkyl carbamates (subject to hydrolysis) is 1. The van der Waals surface area contributed by atoms with Crippen LogP contribution in [0.3, 0.4) is 0 Å². The molecular weight excluding hydrogens is 299 g/mol. The van der Waals surface area contributed by atoms with E-state index in [-0.39, 0.29) is 24.2 Å². The number of carbonyl (C=O) groups is 2. The van der Waals surface area contributed by atoms with Crippen LogP contribution in [0.2, 0.25) is 0 Å². The van der Waals surface area contributed by atoms with Crippen LogP contribution in [0.25, 0.3) is 0 Å². The Balaban J connectivity index is 1.59. The molecule has 0 spiro atoms. The summed E-state index contributed by atoms with van der Waals surface area (Å²) in [5.41, 5.74) is 2.10. The molecule has 0 aromatic heterocycles. The summed E-state index contributed by atoms with van der Waals surface area (Å²) in [4.78, 5) is 23.0. The van der Waals surface area contributed by atoms with E-state index in [0.717, 1.165) is 5.56 Å². The van der Waals surface area contributed by atoms with Crippen LogP contribution in [-0.2, 0) is 16.0 Å². The summed E-state index contributed by atoms with van der Waals surface area (Å²) in [5, 5.41) is 5.34. The van der Waals surface area contributed by atoms with Gasteiger partial charge in [-0.15, -0.1) is 0 Å². The van der Waals surface area contributed by atoms with Crippen molar-refractivity contribution in [3.8, 4) is 0 Å². The van der Waals surface area contributed by atoms with Gasteiger partial charge >= 0.3 is 6.09 Å². The highest BCUT2D eigenvalue weighted by atomic mass is 19.1. The fraction of sp³-hybridized carbons (Fsp3) is 0.176. The monoisotopic (exact) mass is 314 g/mol. The van der Waals surface area contributed by atoms with Crippen molar-refractivity contribution in [1.82, 2.24) is 5.32 Å². The second-order valence-corrected chi connectivity index (χ2v) is 5.25. The highest BCUT2D eigenvalue weighted by molar-refractivity contribution is 5.92. The number of halogens is 1. The minimum atomic E-state index is -0.428. The number of cyclic esters (lactones) is 1. The number of rotatable bonds is 4. The molecule has 1 aliphatic rings. The lowest BCUT2D eigenvalue weighted by molar-refractivity contribution is -0.115. The first-order valence-electron chi connectivity index (χ1n) is 7.19. The first-order valence-corrected chi connectivity index (χ1v) is 7.19. The summed E-state index contributed by atoms with van der Waals surface area (Å²) in [7, 11) is 0. The van der Waals surface area contributed by atoms with Crippen molar-refractivity contribution < 1.29 is 18.7 Å². The zero-order chi connectivity index (χ0) is 16.2. The largest absolute Gasteiger partial charge is 0.439 e. The van der Waals surface area contributed by atoms with Gasteiger partial charge in [-0.2, -0.15) is 0 Å². The molecule has 2 amide bonds. The van der Waals surface area contributed by atoms with Crippen molar-refractivity contribution in [2.24, 2.45) is 0 Å². The van der Waals surface area contributed by atoms with Crippen molar-refractivity contribution in [3.63, 3.8) is 0 Å². The third-order valence-corrected chi connectivity index (χ3v) is 3.50. The lowest BCUT2D eigenvalue weighted by Crippen LogP contribution is -2.14. The molecule has 5 nitrogen and oxygen atoms in total. The average molecular weight is 314 g/mol. The van der Waals surface area contributed by atoms with E-state index < -0.39 is 6.09 Å². The Morgan fingerprint density at radius 1 is 1.26 bits per heavy atom. The summed E-state index contributed by atoms with van der Waals surface area (Å²) >= 11 is 0. The fourth-order valence-electron chi connectivity index (χ4n) is 2.39. The quantitative estimate of drug-likeness (QED) is 0.912. The Hall–Kier alpha value is -2.89. The molecule has 23 heavy (non-hydrogen) atoms. The Morgan fingerprint density at radius 3 is 2.70 bits per heavy atom. The molecule has 3 rings (SSSR count). The molecule has 0 saturated carbocycles. The van der Waals surface area contributed by atoms with Crippen LogP contribution in [0.15, 0.2) is 48.5 Å². The first-order chi connectivity index (χ1) is 11.1. The van der Waals surface area contributed by atoms with Gasteiger partial charge in [-0.25, -0.2) is 9.18 Å². The minimum Gasteiger partial charge on any atom is -0.439 e. The molecule has 1 heterocycles. The van der Waals surface area contributed by atoms with Gasteiger partial charge in [0.2, 0.25) is 5.91 Å². The molecule has 1 aliphatic heterocycles. The predicted molar refractivity (Wildman–Crippen MR) is 82.4 cm³/mol. The average Bonchev–Trinajstić information content (AvgIpc) is 2.94. The number of benzene rings is 2. The molecule has 6 heteroatoms. The molecule has 2 N–H and O–H groups in total. The van der Waals surface area contributed by atoms with Gasteiger partial charge in [-0.05, 0) is 35.4 Å².